The molecule has 0 saturated heterocycles. The minimum Gasteiger partial charge on any atom is -0.657 e. The minimum absolute atomic E-state index is 0. The maximum atomic E-state index is 13.5. The van der Waals surface area contributed by atoms with Crippen LogP contribution in [0.3, 0.4) is 0 Å². The number of fused-ring (bicyclic) bond motifs is 8. The largest absolute Gasteiger partial charge is 2.00 e. The van der Waals surface area contributed by atoms with E-state index in [1.54, 1.807) is 0 Å². The van der Waals surface area contributed by atoms with Crippen LogP contribution in [-0.2, 0) is 30.7 Å². The molecule has 0 amide bonds. The zero-order valence-electron chi connectivity index (χ0n) is 33.4. The van der Waals surface area contributed by atoms with Crippen molar-refractivity contribution in [2.75, 3.05) is 0 Å². The van der Waals surface area contributed by atoms with Gasteiger partial charge in [0.1, 0.15) is 0 Å². The Morgan fingerprint density at radius 2 is 0.898 bits per heavy atom. The fraction of sp³-hybridized carbons (Fsp3) is 0.113. The van der Waals surface area contributed by atoms with Gasteiger partial charge in [-0.15, -0.1) is 22.1 Å². The topological polar surface area (TPSA) is 71.1 Å². The molecule has 0 N–H and O–H groups in total. The first-order valence-electron chi connectivity index (χ1n) is 19.9. The minimum atomic E-state index is -0.000899. The van der Waals surface area contributed by atoms with Crippen molar-refractivity contribution < 1.29 is 24.3 Å². The van der Waals surface area contributed by atoms with E-state index in [-0.39, 0.29) is 31.2 Å². The maximum Gasteiger partial charge on any atom is 2.00 e. The SMILES string of the molecule is Cc1ccc(-c2c3nc(c(-c4ccc(C)cc4)c4ccc([n-]4)c(-c4ccc(C)cc4)c4nc(c(CC5C=C(c6ccccc6)C(=O)C5)c5ccc2[n-]5)C=C4)C=C3)cc1.[Zn+2]. The molecule has 280 valence electrons. The summed E-state index contributed by atoms with van der Waals surface area (Å²) in [6.07, 6.45) is 11.6. The number of ketones is 1. The second kappa shape index (κ2) is 15.7. The third-order valence-electron chi connectivity index (χ3n) is 11.4. The van der Waals surface area contributed by atoms with Gasteiger partial charge in [-0.1, -0.05) is 150 Å². The zero-order chi connectivity index (χ0) is 39.3. The Morgan fingerprint density at radius 3 is 1.37 bits per heavy atom. The van der Waals surface area contributed by atoms with Crippen LogP contribution in [0.15, 0.2) is 133 Å². The average molecular weight is 814 g/mol. The van der Waals surface area contributed by atoms with Gasteiger partial charge in [0, 0.05) is 12.0 Å². The van der Waals surface area contributed by atoms with E-state index < -0.39 is 0 Å². The maximum absolute atomic E-state index is 13.5. The molecule has 59 heavy (non-hydrogen) atoms. The molecule has 6 heteroatoms. The van der Waals surface area contributed by atoms with E-state index in [1.807, 2.05) is 30.3 Å². The van der Waals surface area contributed by atoms with Crippen molar-refractivity contribution in [2.24, 2.45) is 5.92 Å². The van der Waals surface area contributed by atoms with E-state index >= 15 is 0 Å². The van der Waals surface area contributed by atoms with Gasteiger partial charge < -0.3 is 9.97 Å². The Kier molecular flexibility index (Phi) is 10.1. The summed E-state index contributed by atoms with van der Waals surface area (Å²) in [5.41, 5.74) is 19.0. The molecule has 0 fully saturated rings. The number of aryl methyl sites for hydroxylation is 3. The normalized spacial score (nSPS) is 14.4. The summed E-state index contributed by atoms with van der Waals surface area (Å²) in [4.78, 5) is 35.1. The van der Waals surface area contributed by atoms with E-state index in [2.05, 4.69) is 148 Å². The molecular formula is C53H40N4OZn. The number of allylic oxidation sites excluding steroid dienone is 2. The Labute approximate surface area is 357 Å². The first kappa shape index (κ1) is 38.1. The molecule has 5 heterocycles. The predicted octanol–water partition coefficient (Wildman–Crippen LogP) is 12.1. The Balaban J connectivity index is 0.00000449. The smallest absolute Gasteiger partial charge is 0.657 e. The molecule has 0 saturated carbocycles. The molecule has 8 bridgehead atoms. The van der Waals surface area contributed by atoms with Crippen LogP contribution in [0, 0.1) is 26.7 Å². The zero-order valence-corrected chi connectivity index (χ0v) is 36.4. The van der Waals surface area contributed by atoms with Crippen LogP contribution in [0.4, 0.5) is 0 Å². The van der Waals surface area contributed by atoms with E-state index in [0.29, 0.717) is 12.8 Å². The average Bonchev–Trinajstić information content (AvgIpc) is 4.10. The first-order valence-corrected chi connectivity index (χ1v) is 19.9. The van der Waals surface area contributed by atoms with Crippen LogP contribution in [0.2, 0.25) is 0 Å². The van der Waals surface area contributed by atoms with Crippen LogP contribution in [0.1, 0.15) is 57.0 Å². The first-order chi connectivity index (χ1) is 28.3. The van der Waals surface area contributed by atoms with E-state index in [4.69, 9.17) is 19.9 Å². The van der Waals surface area contributed by atoms with Gasteiger partial charge in [0.2, 0.25) is 0 Å². The molecule has 0 radical (unpaired) electrons. The fourth-order valence-electron chi connectivity index (χ4n) is 8.41. The van der Waals surface area contributed by atoms with Crippen LogP contribution in [0.5, 0.6) is 0 Å². The van der Waals surface area contributed by atoms with Crippen LogP contribution < -0.4 is 9.97 Å². The van der Waals surface area contributed by atoms with Crippen molar-refractivity contribution in [2.45, 2.75) is 33.6 Å². The monoisotopic (exact) mass is 812 g/mol. The number of aromatic nitrogens is 4. The number of carbonyl (C=O) groups is 1. The number of rotatable bonds is 6. The van der Waals surface area contributed by atoms with Crippen molar-refractivity contribution >= 4 is 57.7 Å². The van der Waals surface area contributed by atoms with Gasteiger partial charge in [-0.25, -0.2) is 9.97 Å². The second-order valence-corrected chi connectivity index (χ2v) is 15.6. The van der Waals surface area contributed by atoms with Gasteiger partial charge in [-0.05, 0) is 102 Å². The summed E-state index contributed by atoms with van der Waals surface area (Å²) in [5.74, 6) is 0.166. The van der Waals surface area contributed by atoms with Crippen LogP contribution in [0.25, 0.3) is 85.3 Å². The molecule has 3 aliphatic rings. The molecule has 3 aromatic heterocycles. The number of benzene rings is 4. The Morgan fingerprint density at radius 1 is 0.492 bits per heavy atom. The number of carbonyl (C=O) groups excluding carboxylic acids is 1. The number of hydrogen-bond donors (Lipinski definition) is 0. The summed E-state index contributed by atoms with van der Waals surface area (Å²) in [6.45, 7) is 6.31. The van der Waals surface area contributed by atoms with Gasteiger partial charge in [-0.3, -0.25) is 4.79 Å². The molecule has 7 aromatic rings. The Bertz CT molecular complexity index is 2980. The van der Waals surface area contributed by atoms with Gasteiger partial charge in [0.25, 0.3) is 0 Å². The van der Waals surface area contributed by atoms with Crippen molar-refractivity contribution in [1.29, 1.82) is 0 Å². The van der Waals surface area contributed by atoms with Crippen LogP contribution in [-0.4, -0.2) is 15.8 Å². The molecule has 1 atom stereocenters. The molecule has 10 rings (SSSR count). The van der Waals surface area contributed by atoms with Crippen molar-refractivity contribution in [3.05, 3.63) is 184 Å². The van der Waals surface area contributed by atoms with Crippen molar-refractivity contribution in [3.63, 3.8) is 0 Å². The fourth-order valence-corrected chi connectivity index (χ4v) is 8.41. The summed E-state index contributed by atoms with van der Waals surface area (Å²) in [7, 11) is 0. The molecule has 0 spiro atoms. The molecule has 4 aromatic carbocycles. The van der Waals surface area contributed by atoms with Crippen molar-refractivity contribution in [1.82, 2.24) is 19.9 Å². The molecule has 2 aliphatic heterocycles. The van der Waals surface area contributed by atoms with Crippen molar-refractivity contribution in [3.8, 4) is 33.4 Å². The van der Waals surface area contributed by atoms with Gasteiger partial charge in [0.05, 0.1) is 22.8 Å². The number of hydrogen-bond acceptors (Lipinski definition) is 3. The van der Waals surface area contributed by atoms with E-state index in [9.17, 15) is 4.79 Å². The van der Waals surface area contributed by atoms with Gasteiger partial charge >= 0.3 is 19.5 Å². The predicted molar refractivity (Wildman–Crippen MR) is 239 cm³/mol. The van der Waals surface area contributed by atoms with E-state index in [1.165, 1.54) is 16.7 Å². The molecule has 1 unspecified atom stereocenters. The van der Waals surface area contributed by atoms with Gasteiger partial charge in [0.15, 0.2) is 5.78 Å². The molecule has 1 aliphatic carbocycles. The third kappa shape index (κ3) is 7.30. The standard InChI is InChI=1S/C53H40N4O.Zn/c1-32-9-15-37(16-10-32)51-44-23-21-42(54-44)41(30-35-29-40(50(58)31-35)36-7-5-4-6-8-36)43-22-24-45(55-43)52(38-17-11-33(2)12-18-38)47-26-28-49(57-47)53(48-27-25-46(51)56-48)39-19-13-34(3)14-20-39;/h4-29,35H,30-31H2,1-3H3;/q-2;+2. The summed E-state index contributed by atoms with van der Waals surface area (Å²) < 4.78 is 0. The molecular weight excluding hydrogens is 774 g/mol. The summed E-state index contributed by atoms with van der Waals surface area (Å²) >= 11 is 0. The third-order valence-corrected chi connectivity index (χ3v) is 11.4. The van der Waals surface area contributed by atoms with E-state index in [0.717, 1.165) is 94.9 Å². The number of Topliss-reactive ketones (excluding diaryl/α,β-unsaturated/α-hetero) is 1. The molecule has 5 nitrogen and oxygen atoms in total. The second-order valence-electron chi connectivity index (χ2n) is 15.6. The quantitative estimate of drug-likeness (QED) is 0.156. The van der Waals surface area contributed by atoms with Crippen LogP contribution >= 0.6 is 0 Å². The summed E-state index contributed by atoms with van der Waals surface area (Å²) in [5, 5.41) is 0. The van der Waals surface area contributed by atoms with Gasteiger partial charge in [-0.2, -0.15) is 0 Å². The number of nitrogens with zero attached hydrogens (tertiary/aromatic N) is 4. The summed E-state index contributed by atoms with van der Waals surface area (Å²) in [6, 6.07) is 44.1. The Hall–Kier alpha value is -6.49.